The molecule has 5 rings (SSSR count). The molecule has 0 aromatic heterocycles. The number of ether oxygens (including phenoxy) is 2. The van der Waals surface area contributed by atoms with Gasteiger partial charge in [0.25, 0.3) is 0 Å². The molecule has 1 spiro atoms. The molecule has 9 heteroatoms. The maximum absolute atomic E-state index is 14.5. The summed E-state index contributed by atoms with van der Waals surface area (Å²) in [5.41, 5.74) is -0.608. The van der Waals surface area contributed by atoms with Crippen molar-refractivity contribution in [2.24, 2.45) is 23.7 Å². The van der Waals surface area contributed by atoms with Crippen molar-refractivity contribution in [3.05, 3.63) is 60.2 Å². The van der Waals surface area contributed by atoms with Gasteiger partial charge < -0.3 is 30.1 Å². The number of anilines is 1. The molecular weight excluding hydrogens is 534 g/mol. The second-order valence-corrected chi connectivity index (χ2v) is 12.2. The van der Waals surface area contributed by atoms with Gasteiger partial charge in [0.2, 0.25) is 17.7 Å². The van der Waals surface area contributed by atoms with Crippen LogP contribution in [-0.4, -0.2) is 64.2 Å². The average molecular weight is 578 g/mol. The SMILES string of the molecule is CCOc1ccc(NC(=O)[C@@H]2[C@H]3C(=O)N([C@@H](CO)[C@@H](C)CC)C(C(=O)NCc4ccccc4)C34CC(C)[C@@]2(C)O4)cc1. The van der Waals surface area contributed by atoms with Crippen LogP contribution < -0.4 is 15.4 Å². The summed E-state index contributed by atoms with van der Waals surface area (Å²) < 4.78 is 12.3. The number of aliphatic hydroxyl groups excluding tert-OH is 1. The summed E-state index contributed by atoms with van der Waals surface area (Å²) in [6.07, 6.45) is 1.17. The van der Waals surface area contributed by atoms with Crippen molar-refractivity contribution in [3.8, 4) is 5.75 Å². The van der Waals surface area contributed by atoms with Gasteiger partial charge in [0.15, 0.2) is 0 Å². The highest BCUT2D eigenvalue weighted by Crippen LogP contribution is 2.65. The maximum Gasteiger partial charge on any atom is 0.246 e. The van der Waals surface area contributed by atoms with Gasteiger partial charge in [-0.15, -0.1) is 0 Å². The van der Waals surface area contributed by atoms with Gasteiger partial charge in [0.1, 0.15) is 17.4 Å². The Bertz CT molecular complexity index is 1300. The summed E-state index contributed by atoms with van der Waals surface area (Å²) in [5.74, 6) is -2.08. The molecular formula is C33H43N3O6. The monoisotopic (exact) mass is 577 g/mol. The molecule has 8 atom stereocenters. The first-order valence-electron chi connectivity index (χ1n) is 15.1. The number of likely N-dealkylation sites (tertiary alicyclic amines) is 1. The Morgan fingerprint density at radius 1 is 1.12 bits per heavy atom. The quantitative estimate of drug-likeness (QED) is 0.375. The summed E-state index contributed by atoms with van der Waals surface area (Å²) in [4.78, 5) is 44.2. The average Bonchev–Trinajstić information content (AvgIpc) is 3.50. The second kappa shape index (κ2) is 11.7. The van der Waals surface area contributed by atoms with E-state index in [-0.39, 0.29) is 36.2 Å². The van der Waals surface area contributed by atoms with Crippen LogP contribution in [0, 0.1) is 23.7 Å². The van der Waals surface area contributed by atoms with Crippen LogP contribution in [0.5, 0.6) is 5.75 Å². The minimum absolute atomic E-state index is 0.0695. The van der Waals surface area contributed by atoms with Crippen molar-refractivity contribution < 1.29 is 29.0 Å². The van der Waals surface area contributed by atoms with E-state index < -0.39 is 35.1 Å². The summed E-state index contributed by atoms with van der Waals surface area (Å²) in [6, 6.07) is 15.1. The first-order chi connectivity index (χ1) is 20.1. The molecule has 0 aliphatic carbocycles. The Hall–Kier alpha value is -3.43. The van der Waals surface area contributed by atoms with Crippen LogP contribution in [0.2, 0.25) is 0 Å². The number of hydrogen-bond acceptors (Lipinski definition) is 6. The number of carbonyl (C=O) groups excluding carboxylic acids is 3. The number of amides is 3. The molecule has 42 heavy (non-hydrogen) atoms. The fourth-order valence-electron chi connectivity index (χ4n) is 7.45. The van der Waals surface area contributed by atoms with E-state index in [1.165, 1.54) is 0 Å². The molecule has 226 valence electrons. The van der Waals surface area contributed by atoms with Gasteiger partial charge in [-0.2, -0.15) is 0 Å². The van der Waals surface area contributed by atoms with Crippen molar-refractivity contribution >= 4 is 23.4 Å². The largest absolute Gasteiger partial charge is 0.494 e. The molecule has 3 amide bonds. The van der Waals surface area contributed by atoms with Gasteiger partial charge in [0, 0.05) is 12.2 Å². The number of nitrogens with one attached hydrogen (secondary N) is 2. The summed E-state index contributed by atoms with van der Waals surface area (Å²) >= 11 is 0. The Morgan fingerprint density at radius 2 is 1.81 bits per heavy atom. The molecule has 2 aromatic rings. The number of benzene rings is 2. The van der Waals surface area contributed by atoms with E-state index in [1.54, 1.807) is 29.2 Å². The van der Waals surface area contributed by atoms with Gasteiger partial charge in [-0.3, -0.25) is 14.4 Å². The van der Waals surface area contributed by atoms with E-state index in [0.29, 0.717) is 37.4 Å². The van der Waals surface area contributed by atoms with Crippen molar-refractivity contribution in [1.29, 1.82) is 0 Å². The second-order valence-electron chi connectivity index (χ2n) is 12.2. The van der Waals surface area contributed by atoms with Crippen LogP contribution in [0.15, 0.2) is 54.6 Å². The third kappa shape index (κ3) is 4.86. The summed E-state index contributed by atoms with van der Waals surface area (Å²) in [6.45, 7) is 10.3. The normalized spacial score (nSPS) is 31.0. The lowest BCUT2D eigenvalue weighted by Gasteiger charge is -2.39. The predicted octanol–water partition coefficient (Wildman–Crippen LogP) is 3.76. The number of carbonyl (C=O) groups is 3. The maximum atomic E-state index is 14.5. The Kier molecular flexibility index (Phi) is 8.36. The lowest BCUT2D eigenvalue weighted by Crippen LogP contribution is -2.59. The van der Waals surface area contributed by atoms with Crippen LogP contribution in [0.4, 0.5) is 5.69 Å². The third-order valence-corrected chi connectivity index (χ3v) is 9.87. The van der Waals surface area contributed by atoms with E-state index in [0.717, 1.165) is 5.56 Å². The molecule has 3 N–H and O–H groups in total. The van der Waals surface area contributed by atoms with Gasteiger partial charge >= 0.3 is 0 Å². The molecule has 3 aliphatic heterocycles. The molecule has 0 saturated carbocycles. The minimum atomic E-state index is -1.19. The molecule has 3 unspecified atom stereocenters. The number of fused-ring (bicyclic) bond motifs is 1. The lowest BCUT2D eigenvalue weighted by molar-refractivity contribution is -0.151. The molecule has 3 fully saturated rings. The van der Waals surface area contributed by atoms with E-state index in [2.05, 4.69) is 10.6 Å². The highest BCUT2D eigenvalue weighted by atomic mass is 16.5. The molecule has 3 heterocycles. The van der Waals surface area contributed by atoms with Gasteiger partial charge in [0.05, 0.1) is 36.7 Å². The fraction of sp³-hybridized carbons (Fsp3) is 0.545. The van der Waals surface area contributed by atoms with Gasteiger partial charge in [-0.05, 0) is 61.9 Å². The van der Waals surface area contributed by atoms with Gasteiger partial charge in [-0.1, -0.05) is 57.5 Å². The fourth-order valence-corrected chi connectivity index (χ4v) is 7.45. The Balaban J connectivity index is 1.51. The number of aliphatic hydroxyl groups is 1. The number of hydrogen-bond donors (Lipinski definition) is 3. The van der Waals surface area contributed by atoms with E-state index in [9.17, 15) is 19.5 Å². The topological polar surface area (TPSA) is 117 Å². The minimum Gasteiger partial charge on any atom is -0.494 e. The van der Waals surface area contributed by atoms with Crippen LogP contribution in [0.25, 0.3) is 0 Å². The standard InChI is InChI=1S/C33H43N3O6/c1-6-20(3)25(19-37)36-28(30(39)34-18-22-11-9-8-10-12-22)33-17-21(4)32(5,42-33)26(27(33)31(36)40)29(38)35-23-13-15-24(16-14-23)41-7-2/h8-16,20-21,25-28,37H,6-7,17-19H2,1-5H3,(H,34,39)(H,35,38)/t20-,21?,25-,26-,27-,28?,32+,33?/m0/s1. The van der Waals surface area contributed by atoms with Crippen molar-refractivity contribution in [2.45, 2.75) is 77.3 Å². The zero-order valence-corrected chi connectivity index (χ0v) is 25.1. The zero-order chi connectivity index (χ0) is 30.2. The number of nitrogens with zero attached hydrogens (tertiary/aromatic N) is 1. The molecule has 2 aromatic carbocycles. The number of rotatable bonds is 11. The zero-order valence-electron chi connectivity index (χ0n) is 25.1. The first-order valence-corrected chi connectivity index (χ1v) is 15.1. The van der Waals surface area contributed by atoms with Crippen LogP contribution in [-0.2, 0) is 25.7 Å². The molecule has 2 bridgehead atoms. The van der Waals surface area contributed by atoms with Crippen molar-refractivity contribution in [1.82, 2.24) is 10.2 Å². The van der Waals surface area contributed by atoms with E-state index in [1.807, 2.05) is 65.0 Å². The molecule has 3 saturated heterocycles. The highest BCUT2D eigenvalue weighted by Gasteiger charge is 2.80. The van der Waals surface area contributed by atoms with Crippen molar-refractivity contribution in [2.75, 3.05) is 18.5 Å². The molecule has 0 radical (unpaired) electrons. The predicted molar refractivity (Wildman–Crippen MR) is 158 cm³/mol. The summed E-state index contributed by atoms with van der Waals surface area (Å²) in [7, 11) is 0. The first kappa shape index (κ1) is 30.0. The smallest absolute Gasteiger partial charge is 0.246 e. The van der Waals surface area contributed by atoms with Crippen molar-refractivity contribution in [3.63, 3.8) is 0 Å². The van der Waals surface area contributed by atoms with Crippen LogP contribution in [0.1, 0.15) is 53.0 Å². The third-order valence-electron chi connectivity index (χ3n) is 9.87. The molecule has 3 aliphatic rings. The van der Waals surface area contributed by atoms with Gasteiger partial charge in [-0.25, -0.2) is 0 Å². The lowest BCUT2D eigenvalue weighted by atomic mass is 9.62. The van der Waals surface area contributed by atoms with E-state index >= 15 is 0 Å². The Labute approximate surface area is 248 Å². The molecule has 9 nitrogen and oxygen atoms in total. The van der Waals surface area contributed by atoms with E-state index in [4.69, 9.17) is 9.47 Å². The Morgan fingerprint density at radius 3 is 2.43 bits per heavy atom. The van der Waals surface area contributed by atoms with Crippen LogP contribution >= 0.6 is 0 Å². The summed E-state index contributed by atoms with van der Waals surface area (Å²) in [5, 5.41) is 16.6. The highest BCUT2D eigenvalue weighted by molar-refractivity contribution is 6.02. The van der Waals surface area contributed by atoms with Crippen LogP contribution in [0.3, 0.4) is 0 Å².